The number of anilines is 1. The van der Waals surface area contributed by atoms with Crippen molar-refractivity contribution in [1.82, 2.24) is 5.32 Å². The molecule has 0 radical (unpaired) electrons. The topological polar surface area (TPSA) is 80.6 Å². The molecule has 2 aromatic carbocycles. The largest absolute Gasteiger partial charge is 0.462 e. The molecular weight excluding hydrogens is 483 g/mol. The van der Waals surface area contributed by atoms with E-state index in [2.05, 4.69) is 10.6 Å². The Hall–Kier alpha value is -3.13. The average Bonchev–Trinajstić information content (AvgIpc) is 3.27. The third-order valence-corrected chi connectivity index (χ3v) is 5.32. The van der Waals surface area contributed by atoms with Crippen molar-refractivity contribution in [1.29, 1.82) is 0 Å². The Morgan fingerprint density at radius 2 is 1.85 bits per heavy atom. The maximum absolute atomic E-state index is 12.2. The van der Waals surface area contributed by atoms with Crippen LogP contribution in [0.5, 0.6) is 0 Å². The lowest BCUT2D eigenvalue weighted by Crippen LogP contribution is -2.32. The number of furan rings is 1. The van der Waals surface area contributed by atoms with Crippen LogP contribution in [0.1, 0.15) is 29.5 Å². The predicted octanol–water partition coefficient (Wildman–Crippen LogP) is 6.35. The maximum atomic E-state index is 12.2. The first-order valence-corrected chi connectivity index (χ1v) is 11.1. The molecule has 0 aliphatic rings. The lowest BCUT2D eigenvalue weighted by molar-refractivity contribution is -0.115. The van der Waals surface area contributed by atoms with Gasteiger partial charge in [0.2, 0.25) is 5.91 Å². The molecule has 0 fully saturated rings. The van der Waals surface area contributed by atoms with Crippen LogP contribution in [0.15, 0.2) is 65.1 Å². The Bertz CT molecular complexity index is 1190. The molecule has 1 heterocycles. The van der Waals surface area contributed by atoms with Crippen molar-refractivity contribution in [3.63, 3.8) is 0 Å². The summed E-state index contributed by atoms with van der Waals surface area (Å²) in [5.74, 6) is 0.163. The standard InChI is InChI=1S/C24H20Cl2N2O4S/c1-2-14-31-23(30)15-6-8-16(9-7-15)27-24(33)28-21(29)13-11-17-10-12-20(32-17)18-4-3-5-19(25)22(18)26/h3-13H,2,14H2,1H3,(H2,27,28,29,33). The van der Waals surface area contributed by atoms with Gasteiger partial charge in [-0.25, -0.2) is 4.79 Å². The van der Waals surface area contributed by atoms with Crippen LogP contribution in [0.2, 0.25) is 10.0 Å². The van der Waals surface area contributed by atoms with E-state index in [1.54, 1.807) is 54.6 Å². The van der Waals surface area contributed by atoms with E-state index in [0.29, 0.717) is 45.0 Å². The van der Waals surface area contributed by atoms with Crippen LogP contribution in [-0.4, -0.2) is 23.6 Å². The van der Waals surface area contributed by atoms with Crippen LogP contribution in [0.4, 0.5) is 5.69 Å². The molecule has 33 heavy (non-hydrogen) atoms. The monoisotopic (exact) mass is 502 g/mol. The summed E-state index contributed by atoms with van der Waals surface area (Å²) in [7, 11) is 0. The molecule has 0 aliphatic heterocycles. The highest BCUT2D eigenvalue weighted by molar-refractivity contribution is 7.80. The lowest BCUT2D eigenvalue weighted by atomic mass is 10.2. The van der Waals surface area contributed by atoms with Gasteiger partial charge in [0.15, 0.2) is 5.11 Å². The smallest absolute Gasteiger partial charge is 0.338 e. The fourth-order valence-electron chi connectivity index (χ4n) is 2.72. The number of ether oxygens (including phenoxy) is 1. The van der Waals surface area contributed by atoms with Gasteiger partial charge in [-0.2, -0.15) is 0 Å². The minimum Gasteiger partial charge on any atom is -0.462 e. The summed E-state index contributed by atoms with van der Waals surface area (Å²) >= 11 is 17.4. The number of hydrogen-bond donors (Lipinski definition) is 2. The number of benzene rings is 2. The Kier molecular flexibility index (Phi) is 8.65. The zero-order valence-electron chi connectivity index (χ0n) is 17.6. The first-order chi connectivity index (χ1) is 15.9. The van der Waals surface area contributed by atoms with Gasteiger partial charge in [-0.3, -0.25) is 10.1 Å². The molecule has 1 amide bonds. The van der Waals surface area contributed by atoms with Gasteiger partial charge in [0.25, 0.3) is 0 Å². The van der Waals surface area contributed by atoms with Gasteiger partial charge < -0.3 is 14.5 Å². The third-order valence-electron chi connectivity index (χ3n) is 4.30. The van der Waals surface area contributed by atoms with Crippen molar-refractivity contribution in [2.45, 2.75) is 13.3 Å². The van der Waals surface area contributed by atoms with E-state index >= 15 is 0 Å². The molecule has 3 aromatic rings. The van der Waals surface area contributed by atoms with E-state index in [1.807, 2.05) is 6.92 Å². The number of carbonyl (C=O) groups excluding carboxylic acids is 2. The molecular formula is C24H20Cl2N2O4S. The van der Waals surface area contributed by atoms with Crippen molar-refractivity contribution < 1.29 is 18.7 Å². The Morgan fingerprint density at radius 3 is 2.58 bits per heavy atom. The highest BCUT2D eigenvalue weighted by Crippen LogP contribution is 2.34. The van der Waals surface area contributed by atoms with Gasteiger partial charge in [-0.05, 0) is 73.2 Å². The molecule has 0 aliphatic carbocycles. The number of rotatable bonds is 7. The quantitative estimate of drug-likeness (QED) is 0.222. The summed E-state index contributed by atoms with van der Waals surface area (Å²) in [4.78, 5) is 24.0. The molecule has 3 rings (SSSR count). The number of esters is 1. The SMILES string of the molecule is CCCOC(=O)c1ccc(NC(=S)NC(=O)C=Cc2ccc(-c3cccc(Cl)c3Cl)o2)cc1. The fourth-order valence-corrected chi connectivity index (χ4v) is 3.33. The molecule has 0 bridgehead atoms. The second-order valence-corrected chi connectivity index (χ2v) is 7.99. The van der Waals surface area contributed by atoms with Gasteiger partial charge in [-0.15, -0.1) is 0 Å². The van der Waals surface area contributed by atoms with Crippen molar-refractivity contribution >= 4 is 64.2 Å². The normalized spacial score (nSPS) is 10.8. The molecule has 9 heteroatoms. The summed E-state index contributed by atoms with van der Waals surface area (Å²) in [5, 5.41) is 6.35. The zero-order chi connectivity index (χ0) is 23.8. The zero-order valence-corrected chi connectivity index (χ0v) is 19.9. The molecule has 1 aromatic heterocycles. The molecule has 0 saturated heterocycles. The molecule has 170 valence electrons. The minimum atomic E-state index is -0.439. The molecule has 6 nitrogen and oxygen atoms in total. The molecule has 0 saturated carbocycles. The molecule has 0 unspecified atom stereocenters. The number of thiocarbonyl (C=S) groups is 1. The first kappa shape index (κ1) is 24.5. The van der Waals surface area contributed by atoms with Gasteiger partial charge >= 0.3 is 5.97 Å². The number of carbonyl (C=O) groups is 2. The third kappa shape index (κ3) is 6.92. The summed E-state index contributed by atoms with van der Waals surface area (Å²) in [6.45, 7) is 2.30. The van der Waals surface area contributed by atoms with Crippen LogP contribution >= 0.6 is 35.4 Å². The highest BCUT2D eigenvalue weighted by Gasteiger charge is 2.11. The van der Waals surface area contributed by atoms with Crippen molar-refractivity contribution in [3.8, 4) is 11.3 Å². The van der Waals surface area contributed by atoms with Crippen LogP contribution in [-0.2, 0) is 9.53 Å². The van der Waals surface area contributed by atoms with Gasteiger partial charge in [-0.1, -0.05) is 36.2 Å². The molecule has 0 atom stereocenters. The van der Waals surface area contributed by atoms with Crippen LogP contribution < -0.4 is 10.6 Å². The van der Waals surface area contributed by atoms with Crippen LogP contribution in [0.25, 0.3) is 17.4 Å². The fraction of sp³-hybridized carbons (Fsp3) is 0.125. The van der Waals surface area contributed by atoms with Crippen molar-refractivity contribution in [2.24, 2.45) is 0 Å². The summed E-state index contributed by atoms with van der Waals surface area (Å²) in [6, 6.07) is 15.3. The van der Waals surface area contributed by atoms with Gasteiger partial charge in [0.1, 0.15) is 11.5 Å². The Labute approximate surface area is 206 Å². The molecule has 2 N–H and O–H groups in total. The lowest BCUT2D eigenvalue weighted by Gasteiger charge is -2.09. The van der Waals surface area contributed by atoms with E-state index in [1.165, 1.54) is 12.2 Å². The second-order valence-electron chi connectivity index (χ2n) is 6.79. The maximum Gasteiger partial charge on any atom is 0.338 e. The first-order valence-electron chi connectivity index (χ1n) is 9.99. The van der Waals surface area contributed by atoms with Crippen LogP contribution in [0, 0.1) is 0 Å². The van der Waals surface area contributed by atoms with E-state index in [9.17, 15) is 9.59 Å². The average molecular weight is 503 g/mol. The number of hydrogen-bond acceptors (Lipinski definition) is 5. The summed E-state index contributed by atoms with van der Waals surface area (Å²) in [6.07, 6.45) is 3.56. The van der Waals surface area contributed by atoms with E-state index < -0.39 is 5.91 Å². The second kappa shape index (κ2) is 11.7. The Morgan fingerprint density at radius 1 is 1.09 bits per heavy atom. The van der Waals surface area contributed by atoms with Gasteiger partial charge in [0.05, 0.1) is 22.2 Å². The van der Waals surface area contributed by atoms with Gasteiger partial charge in [0, 0.05) is 17.3 Å². The van der Waals surface area contributed by atoms with E-state index in [-0.39, 0.29) is 11.1 Å². The number of halogens is 2. The highest BCUT2D eigenvalue weighted by atomic mass is 35.5. The summed E-state index contributed by atoms with van der Waals surface area (Å²) in [5.41, 5.74) is 1.71. The van der Waals surface area contributed by atoms with Crippen LogP contribution in [0.3, 0.4) is 0 Å². The summed E-state index contributed by atoms with van der Waals surface area (Å²) < 4.78 is 10.8. The van der Waals surface area contributed by atoms with Crippen molar-refractivity contribution in [2.75, 3.05) is 11.9 Å². The Balaban J connectivity index is 1.53. The number of nitrogens with one attached hydrogen (secondary N) is 2. The van der Waals surface area contributed by atoms with Crippen molar-refractivity contribution in [3.05, 3.63) is 82.0 Å². The predicted molar refractivity (Wildman–Crippen MR) is 135 cm³/mol. The van der Waals surface area contributed by atoms with E-state index in [4.69, 9.17) is 44.6 Å². The molecule has 0 spiro atoms. The van der Waals surface area contributed by atoms with E-state index in [0.717, 1.165) is 6.42 Å². The number of amides is 1. The minimum absolute atomic E-state index is 0.108.